The van der Waals surface area contributed by atoms with Gasteiger partial charge in [-0.2, -0.15) is 13.2 Å². The molecule has 3 heterocycles. The van der Waals surface area contributed by atoms with Gasteiger partial charge in [-0.1, -0.05) is 5.92 Å². The average molecular weight is 355 g/mol. The maximum atomic E-state index is 13.5. The van der Waals surface area contributed by atoms with Crippen molar-refractivity contribution < 1.29 is 18.0 Å². The lowest BCUT2D eigenvalue weighted by atomic mass is 10.1. The van der Waals surface area contributed by atoms with Crippen LogP contribution in [-0.2, 0) is 6.54 Å². The number of fused-ring (bicyclic) bond motifs is 1. The summed E-state index contributed by atoms with van der Waals surface area (Å²) < 4.78 is 41.9. The monoisotopic (exact) mass is 355 g/mol. The van der Waals surface area contributed by atoms with Crippen LogP contribution in [0.15, 0.2) is 0 Å². The van der Waals surface area contributed by atoms with E-state index in [-0.39, 0.29) is 17.9 Å². The van der Waals surface area contributed by atoms with Crippen molar-refractivity contribution in [1.29, 1.82) is 0 Å². The lowest BCUT2D eigenvalue weighted by Crippen LogP contribution is -2.51. The van der Waals surface area contributed by atoms with Crippen molar-refractivity contribution >= 4 is 11.9 Å². The molecular formula is C16H20F3N5O. The van der Waals surface area contributed by atoms with E-state index in [1.807, 2.05) is 4.90 Å². The zero-order chi connectivity index (χ0) is 18.2. The summed E-state index contributed by atoms with van der Waals surface area (Å²) in [5, 5.41) is 0.873. The second-order valence-corrected chi connectivity index (χ2v) is 6.17. The van der Waals surface area contributed by atoms with Crippen LogP contribution in [0.1, 0.15) is 48.4 Å². The second-order valence-electron chi connectivity index (χ2n) is 6.17. The Kier molecular flexibility index (Phi) is 4.64. The number of hydrogen-bond donors (Lipinski definition) is 1. The minimum atomic E-state index is -4.56. The first-order valence-electron chi connectivity index (χ1n) is 8.20. The normalized spacial score (nSPS) is 21.0. The van der Waals surface area contributed by atoms with Gasteiger partial charge in [0.05, 0.1) is 6.54 Å². The van der Waals surface area contributed by atoms with E-state index >= 15 is 0 Å². The Labute approximate surface area is 143 Å². The molecule has 2 aliphatic rings. The van der Waals surface area contributed by atoms with E-state index in [0.29, 0.717) is 19.0 Å². The maximum Gasteiger partial charge on any atom is 0.411 e. The molecule has 0 saturated carbocycles. The number of amides is 1. The fourth-order valence-corrected chi connectivity index (χ4v) is 3.23. The lowest BCUT2D eigenvalue weighted by Gasteiger charge is -2.31. The molecule has 2 aliphatic heterocycles. The summed E-state index contributed by atoms with van der Waals surface area (Å²) in [5.74, 6) is 5.43. The number of hydrogen-bond acceptors (Lipinski definition) is 4. The topological polar surface area (TPSA) is 53.4 Å². The molecule has 0 spiro atoms. The zero-order valence-corrected chi connectivity index (χ0v) is 14.2. The smallest absolute Gasteiger partial charge is 0.342 e. The minimum Gasteiger partial charge on any atom is -0.342 e. The van der Waals surface area contributed by atoms with Gasteiger partial charge in [-0.05, 0) is 26.2 Å². The van der Waals surface area contributed by atoms with Crippen molar-refractivity contribution in [1.82, 2.24) is 20.0 Å². The number of halogens is 3. The molecule has 9 heteroatoms. The summed E-state index contributed by atoms with van der Waals surface area (Å²) in [7, 11) is 1.29. The Morgan fingerprint density at radius 2 is 1.96 bits per heavy atom. The van der Waals surface area contributed by atoms with Crippen molar-refractivity contribution in [2.45, 2.75) is 44.9 Å². The number of carbonyl (C=O) groups excluding carboxylic acids is 1. The van der Waals surface area contributed by atoms with Crippen LogP contribution in [0, 0.1) is 11.8 Å². The van der Waals surface area contributed by atoms with E-state index in [2.05, 4.69) is 22.3 Å². The molecule has 3 rings (SSSR count). The number of rotatable bonds is 2. The van der Waals surface area contributed by atoms with Crippen molar-refractivity contribution in [2.24, 2.45) is 0 Å². The maximum absolute atomic E-state index is 13.5. The molecule has 1 amide bonds. The fourth-order valence-electron chi connectivity index (χ4n) is 3.23. The molecule has 1 fully saturated rings. The van der Waals surface area contributed by atoms with Gasteiger partial charge in [-0.3, -0.25) is 14.4 Å². The van der Waals surface area contributed by atoms with Crippen LogP contribution in [0.3, 0.4) is 0 Å². The van der Waals surface area contributed by atoms with Crippen LogP contribution in [0.25, 0.3) is 0 Å². The van der Waals surface area contributed by atoms with Gasteiger partial charge in [0.2, 0.25) is 5.95 Å². The van der Waals surface area contributed by atoms with Crippen LogP contribution < -0.4 is 10.3 Å². The van der Waals surface area contributed by atoms with Gasteiger partial charge in [0.25, 0.3) is 5.91 Å². The first-order valence-corrected chi connectivity index (χ1v) is 8.20. The Bertz CT molecular complexity index is 725. The average Bonchev–Trinajstić information content (AvgIpc) is 2.95. The first kappa shape index (κ1) is 17.6. The quantitative estimate of drug-likeness (QED) is 0.826. The Morgan fingerprint density at radius 1 is 1.28 bits per heavy atom. The number of alkyl halides is 3. The number of hydrazine groups is 1. The number of imidazole rings is 1. The molecule has 136 valence electrons. The molecular weight excluding hydrogens is 335 g/mol. The van der Waals surface area contributed by atoms with Crippen LogP contribution in [0.5, 0.6) is 0 Å². The van der Waals surface area contributed by atoms with Crippen LogP contribution >= 0.6 is 0 Å². The van der Waals surface area contributed by atoms with Crippen LogP contribution in [0.4, 0.5) is 19.1 Å². The number of nitrogens with one attached hydrogen (secondary N) is 1. The Balaban J connectivity index is 2.15. The highest BCUT2D eigenvalue weighted by molar-refractivity contribution is 5.95. The molecule has 0 aromatic carbocycles. The van der Waals surface area contributed by atoms with Gasteiger partial charge < -0.3 is 4.90 Å². The number of piperidine rings is 1. The Hall–Kier alpha value is -2.21. The molecule has 25 heavy (non-hydrogen) atoms. The fraction of sp³-hybridized carbons (Fsp3) is 0.625. The van der Waals surface area contributed by atoms with E-state index in [1.54, 1.807) is 6.92 Å². The van der Waals surface area contributed by atoms with Crippen molar-refractivity contribution in [3.8, 4) is 11.8 Å². The molecule has 0 bridgehead atoms. The summed E-state index contributed by atoms with van der Waals surface area (Å²) >= 11 is 0. The minimum absolute atomic E-state index is 0.0353. The van der Waals surface area contributed by atoms with Gasteiger partial charge in [-0.25, -0.2) is 10.4 Å². The van der Waals surface area contributed by atoms with Crippen molar-refractivity contribution in [2.75, 3.05) is 25.0 Å². The van der Waals surface area contributed by atoms with Crippen LogP contribution in [0.2, 0.25) is 0 Å². The Morgan fingerprint density at radius 3 is 2.56 bits per heavy atom. The molecule has 1 unspecified atom stereocenters. The van der Waals surface area contributed by atoms with E-state index in [4.69, 9.17) is 0 Å². The summed E-state index contributed by atoms with van der Waals surface area (Å²) in [6.07, 6.45) is -1.57. The second kappa shape index (κ2) is 6.59. The predicted octanol–water partition coefficient (Wildman–Crippen LogP) is 2.09. The highest BCUT2D eigenvalue weighted by Gasteiger charge is 2.49. The molecule has 6 nitrogen and oxygen atoms in total. The molecule has 0 radical (unpaired) electrons. The largest absolute Gasteiger partial charge is 0.411 e. The zero-order valence-electron chi connectivity index (χ0n) is 14.2. The van der Waals surface area contributed by atoms with Gasteiger partial charge in [0, 0.05) is 20.1 Å². The predicted molar refractivity (Wildman–Crippen MR) is 85.8 cm³/mol. The van der Waals surface area contributed by atoms with Gasteiger partial charge >= 0.3 is 6.18 Å². The van der Waals surface area contributed by atoms with Gasteiger partial charge in [-0.15, -0.1) is 5.92 Å². The summed E-state index contributed by atoms with van der Waals surface area (Å²) in [6.45, 7) is 3.21. The molecule has 1 aromatic rings. The number of nitrogens with zero attached hydrogens (tertiary/aromatic N) is 4. The van der Waals surface area contributed by atoms with E-state index in [0.717, 1.165) is 24.3 Å². The van der Waals surface area contributed by atoms with E-state index < -0.39 is 18.1 Å². The molecule has 1 atom stereocenters. The summed E-state index contributed by atoms with van der Waals surface area (Å²) in [4.78, 5) is 18.7. The summed E-state index contributed by atoms with van der Waals surface area (Å²) in [5.41, 5.74) is 1.89. The van der Waals surface area contributed by atoms with E-state index in [1.165, 1.54) is 11.6 Å². The molecule has 0 aliphatic carbocycles. The highest BCUT2D eigenvalue weighted by atomic mass is 19.4. The van der Waals surface area contributed by atoms with Crippen LogP contribution in [-0.4, -0.2) is 46.8 Å². The third-order valence-electron chi connectivity index (χ3n) is 4.46. The van der Waals surface area contributed by atoms with E-state index in [9.17, 15) is 18.0 Å². The number of aromatic nitrogens is 2. The van der Waals surface area contributed by atoms with Crippen molar-refractivity contribution in [3.05, 3.63) is 11.4 Å². The lowest BCUT2D eigenvalue weighted by molar-refractivity contribution is -0.169. The van der Waals surface area contributed by atoms with Gasteiger partial charge in [0.15, 0.2) is 6.04 Å². The summed E-state index contributed by atoms with van der Waals surface area (Å²) in [6, 6.07) is -2.01. The van der Waals surface area contributed by atoms with Crippen molar-refractivity contribution in [3.63, 3.8) is 0 Å². The standard InChI is InChI=1S/C16H20F3N5O/c1-3-4-10-24-12-11(20-15(24)23-8-6-5-7-9-23)13(16(17,18)19)21-22(2)14(12)25/h13,21H,5-10H2,1-2H3. The SMILES string of the molecule is CC#CCn1c(N2CCCCC2)nc2c1C(=O)N(C)NC2C(F)(F)F. The molecule has 1 aromatic heterocycles. The molecule has 1 saturated heterocycles. The number of carbonyl (C=O) groups is 1. The third-order valence-corrected chi connectivity index (χ3v) is 4.46. The first-order chi connectivity index (χ1) is 11.8. The van der Waals surface area contributed by atoms with Gasteiger partial charge in [0.1, 0.15) is 11.4 Å². The molecule has 1 N–H and O–H groups in total. The number of anilines is 1. The third kappa shape index (κ3) is 3.18. The highest BCUT2D eigenvalue weighted by Crippen LogP contribution is 2.38.